The van der Waals surface area contributed by atoms with Crippen LogP contribution < -0.4 is 9.47 Å². The first-order valence-corrected chi connectivity index (χ1v) is 7.90. The summed E-state index contributed by atoms with van der Waals surface area (Å²) in [5, 5.41) is 11.3. The molecule has 1 aromatic rings. The van der Waals surface area contributed by atoms with Crippen LogP contribution in [0.4, 0.5) is 0 Å². The van der Waals surface area contributed by atoms with Crippen LogP contribution in [0.1, 0.15) is 30.9 Å². The van der Waals surface area contributed by atoms with E-state index in [9.17, 15) is 0 Å². The smallest absolute Gasteiger partial charge is 0.125 e. The number of oxime groups is 1. The molecule has 0 spiro atoms. The van der Waals surface area contributed by atoms with Crippen LogP contribution in [0.5, 0.6) is 11.5 Å². The highest BCUT2D eigenvalue weighted by Crippen LogP contribution is 2.30. The van der Waals surface area contributed by atoms with Gasteiger partial charge in [-0.3, -0.25) is 0 Å². The highest BCUT2D eigenvalue weighted by atomic mass is 35.5. The van der Waals surface area contributed by atoms with Gasteiger partial charge in [0.25, 0.3) is 0 Å². The van der Waals surface area contributed by atoms with Crippen LogP contribution in [-0.4, -0.2) is 24.6 Å². The Bertz CT molecular complexity index is 526. The van der Waals surface area contributed by atoms with Crippen molar-refractivity contribution in [2.45, 2.75) is 33.1 Å². The van der Waals surface area contributed by atoms with E-state index in [2.05, 4.69) is 12.1 Å². The second-order valence-electron chi connectivity index (χ2n) is 4.68. The minimum atomic E-state index is 0.193. The molecule has 1 N–H and O–H groups in total. The minimum Gasteiger partial charge on any atom is -0.493 e. The number of unbranched alkanes of at least 4 members (excludes halogenated alkanes) is 1. The molecule has 6 heteroatoms. The van der Waals surface area contributed by atoms with E-state index < -0.39 is 0 Å². The van der Waals surface area contributed by atoms with Crippen LogP contribution in [0, 0.1) is 6.92 Å². The van der Waals surface area contributed by atoms with Gasteiger partial charge >= 0.3 is 0 Å². The molecule has 4 nitrogen and oxygen atoms in total. The van der Waals surface area contributed by atoms with E-state index in [0.29, 0.717) is 19.6 Å². The van der Waals surface area contributed by atoms with Crippen molar-refractivity contribution >= 4 is 29.4 Å². The topological polar surface area (TPSA) is 51.0 Å². The molecule has 0 aliphatic heterocycles. The fraction of sp³-hybridized carbons (Fsp3) is 0.438. The average Bonchev–Trinajstić information content (AvgIpc) is 2.48. The lowest BCUT2D eigenvalue weighted by molar-refractivity contribution is 0.303. The number of hydrogen-bond acceptors (Lipinski definition) is 4. The molecule has 0 saturated heterocycles. The van der Waals surface area contributed by atoms with Crippen molar-refractivity contribution in [2.24, 2.45) is 5.16 Å². The molecule has 0 heterocycles. The van der Waals surface area contributed by atoms with Crippen molar-refractivity contribution in [3.8, 4) is 11.5 Å². The third-order valence-electron chi connectivity index (χ3n) is 3.00. The van der Waals surface area contributed by atoms with Crippen LogP contribution in [0.15, 0.2) is 27.9 Å². The Morgan fingerprint density at radius 1 is 1.32 bits per heavy atom. The quantitative estimate of drug-likeness (QED) is 0.300. The van der Waals surface area contributed by atoms with Gasteiger partial charge in [0.15, 0.2) is 0 Å². The molecule has 0 amide bonds. The monoisotopic (exact) mass is 345 g/mol. The Morgan fingerprint density at radius 3 is 2.73 bits per heavy atom. The van der Waals surface area contributed by atoms with E-state index in [1.165, 1.54) is 6.21 Å². The van der Waals surface area contributed by atoms with Crippen molar-refractivity contribution in [2.75, 3.05) is 13.2 Å². The van der Waals surface area contributed by atoms with E-state index in [1.807, 2.05) is 19.1 Å². The summed E-state index contributed by atoms with van der Waals surface area (Å²) < 4.78 is 11.7. The molecule has 122 valence electrons. The Hall–Kier alpha value is -1.39. The largest absolute Gasteiger partial charge is 0.493 e. The zero-order chi connectivity index (χ0) is 16.4. The normalized spacial score (nSPS) is 10.7. The van der Waals surface area contributed by atoms with Gasteiger partial charge in [-0.05, 0) is 55.5 Å². The molecule has 0 aliphatic rings. The van der Waals surface area contributed by atoms with Gasteiger partial charge < -0.3 is 14.7 Å². The number of nitrogens with zero attached hydrogens (tertiary/aromatic N) is 1. The second kappa shape index (κ2) is 10.4. The van der Waals surface area contributed by atoms with Gasteiger partial charge in [0.1, 0.15) is 22.6 Å². The fourth-order valence-corrected chi connectivity index (χ4v) is 2.10. The maximum Gasteiger partial charge on any atom is 0.125 e. The van der Waals surface area contributed by atoms with Crippen LogP contribution >= 0.6 is 23.2 Å². The predicted molar refractivity (Wildman–Crippen MR) is 90.8 cm³/mol. The van der Waals surface area contributed by atoms with Crippen LogP contribution in [0.25, 0.3) is 0 Å². The van der Waals surface area contributed by atoms with Crippen molar-refractivity contribution in [1.82, 2.24) is 0 Å². The van der Waals surface area contributed by atoms with Crippen LogP contribution in [0.3, 0.4) is 0 Å². The van der Waals surface area contributed by atoms with Crippen molar-refractivity contribution in [3.05, 3.63) is 33.8 Å². The summed E-state index contributed by atoms with van der Waals surface area (Å²) in [4.78, 5) is 0. The van der Waals surface area contributed by atoms with Gasteiger partial charge in [-0.15, -0.1) is 5.16 Å². The van der Waals surface area contributed by atoms with Gasteiger partial charge in [-0.25, -0.2) is 0 Å². The first-order valence-electron chi connectivity index (χ1n) is 7.14. The standard InChI is InChI=1S/C16H21Cl2NO3/c1-3-13-11-14(21-9-6-15(17)18)10-12(2)16(13)22-8-5-4-7-19-20/h6-7,10-11,20H,3-5,8-9H2,1-2H3. The van der Waals surface area contributed by atoms with E-state index in [0.717, 1.165) is 35.5 Å². The molecule has 1 aromatic carbocycles. The lowest BCUT2D eigenvalue weighted by atomic mass is 10.1. The summed E-state index contributed by atoms with van der Waals surface area (Å²) in [7, 11) is 0. The summed E-state index contributed by atoms with van der Waals surface area (Å²) in [5.74, 6) is 1.65. The Morgan fingerprint density at radius 2 is 2.09 bits per heavy atom. The van der Waals surface area contributed by atoms with Crippen molar-refractivity contribution in [3.63, 3.8) is 0 Å². The zero-order valence-corrected chi connectivity index (χ0v) is 14.3. The van der Waals surface area contributed by atoms with E-state index in [4.69, 9.17) is 37.9 Å². The van der Waals surface area contributed by atoms with Gasteiger partial charge in [-0.2, -0.15) is 0 Å². The third kappa shape index (κ3) is 6.58. The van der Waals surface area contributed by atoms with Gasteiger partial charge in [0, 0.05) is 6.21 Å². The molecular weight excluding hydrogens is 325 g/mol. The number of hydrogen-bond donors (Lipinski definition) is 1. The lowest BCUT2D eigenvalue weighted by Gasteiger charge is -2.15. The molecule has 0 bridgehead atoms. The summed E-state index contributed by atoms with van der Waals surface area (Å²) in [6.07, 6.45) is 5.38. The van der Waals surface area contributed by atoms with Gasteiger partial charge in [0.2, 0.25) is 0 Å². The summed E-state index contributed by atoms with van der Waals surface area (Å²) >= 11 is 11.1. The molecule has 0 fully saturated rings. The lowest BCUT2D eigenvalue weighted by Crippen LogP contribution is -2.03. The maximum absolute atomic E-state index is 8.34. The average molecular weight is 346 g/mol. The Labute approximate surface area is 141 Å². The molecule has 1 rings (SSSR count). The van der Waals surface area contributed by atoms with E-state index >= 15 is 0 Å². The zero-order valence-electron chi connectivity index (χ0n) is 12.8. The van der Waals surface area contributed by atoms with Crippen LogP contribution in [0.2, 0.25) is 0 Å². The maximum atomic E-state index is 8.34. The van der Waals surface area contributed by atoms with Crippen molar-refractivity contribution in [1.29, 1.82) is 0 Å². The Kier molecular flexibility index (Phi) is 8.78. The molecule has 0 aliphatic carbocycles. The number of halogens is 2. The van der Waals surface area contributed by atoms with E-state index in [1.54, 1.807) is 6.08 Å². The number of ether oxygens (including phenoxy) is 2. The number of aryl methyl sites for hydroxylation is 2. The number of rotatable bonds is 9. The molecule has 0 radical (unpaired) electrons. The summed E-state index contributed by atoms with van der Waals surface area (Å²) in [6.45, 7) is 4.95. The van der Waals surface area contributed by atoms with E-state index in [-0.39, 0.29) is 4.49 Å². The highest BCUT2D eigenvalue weighted by molar-refractivity contribution is 6.55. The second-order valence-corrected chi connectivity index (χ2v) is 5.68. The highest BCUT2D eigenvalue weighted by Gasteiger charge is 2.09. The van der Waals surface area contributed by atoms with Crippen molar-refractivity contribution < 1.29 is 14.7 Å². The summed E-state index contributed by atoms with van der Waals surface area (Å²) in [5.41, 5.74) is 2.11. The van der Waals surface area contributed by atoms with Crippen LogP contribution in [-0.2, 0) is 6.42 Å². The first kappa shape index (κ1) is 18.7. The van der Waals surface area contributed by atoms with Gasteiger partial charge in [0.05, 0.1) is 6.61 Å². The molecule has 0 saturated carbocycles. The third-order valence-corrected chi connectivity index (χ3v) is 3.31. The molecule has 22 heavy (non-hydrogen) atoms. The first-order chi connectivity index (χ1) is 10.6. The summed E-state index contributed by atoms with van der Waals surface area (Å²) in [6, 6.07) is 3.90. The molecule has 0 unspecified atom stereocenters. The fourth-order valence-electron chi connectivity index (χ4n) is 1.97. The predicted octanol–water partition coefficient (Wildman–Crippen LogP) is 4.87. The minimum absolute atomic E-state index is 0.193. The number of benzene rings is 1. The SMILES string of the molecule is CCc1cc(OCC=C(Cl)Cl)cc(C)c1OCCCC=NO. The van der Waals surface area contributed by atoms with Gasteiger partial charge in [-0.1, -0.05) is 30.1 Å². The Balaban J connectivity index is 2.71. The molecule has 0 aromatic heterocycles. The molecular formula is C16H21Cl2NO3. The molecule has 0 atom stereocenters.